The van der Waals surface area contributed by atoms with E-state index in [0.29, 0.717) is 0 Å². The van der Waals surface area contributed by atoms with Crippen molar-refractivity contribution in [2.24, 2.45) is 0 Å². The molecule has 0 saturated carbocycles. The van der Waals surface area contributed by atoms with Crippen LogP contribution in [0.4, 0.5) is 0 Å². The monoisotopic (exact) mass is 244 g/mol. The molecule has 2 nitrogen and oxygen atoms in total. The van der Waals surface area contributed by atoms with Crippen molar-refractivity contribution >= 4 is 8.24 Å². The van der Waals surface area contributed by atoms with Gasteiger partial charge in [-0.3, -0.25) is 0 Å². The molecule has 0 atom stereocenters. The third-order valence-electron chi connectivity index (χ3n) is 3.78. The summed E-state index contributed by atoms with van der Waals surface area (Å²) in [5.41, 5.74) is 0. The molecule has 0 saturated heterocycles. The molecule has 0 bridgehead atoms. The smallest absolute Gasteiger partial charge is 0.122 e. The van der Waals surface area contributed by atoms with Crippen LogP contribution >= 0.6 is 0 Å². The lowest BCUT2D eigenvalue weighted by atomic mass is 10.4. The second kappa shape index (κ2) is 8.26. The van der Waals surface area contributed by atoms with Crippen LogP contribution in [-0.2, 0) is 0 Å². The van der Waals surface area contributed by atoms with E-state index in [4.69, 9.17) is 0 Å². The summed E-state index contributed by atoms with van der Waals surface area (Å²) in [4.78, 5) is 2.53. The van der Waals surface area contributed by atoms with Gasteiger partial charge in [0.05, 0.1) is 0 Å². The molecule has 0 aliphatic heterocycles. The fourth-order valence-electron chi connectivity index (χ4n) is 2.51. The Hall–Kier alpha value is 0.137. The molecule has 0 aliphatic carbocycles. The van der Waals surface area contributed by atoms with Crippen LogP contribution in [-0.4, -0.2) is 50.4 Å². The van der Waals surface area contributed by atoms with Crippen molar-refractivity contribution < 1.29 is 0 Å². The summed E-state index contributed by atoms with van der Waals surface area (Å²) in [6.45, 7) is 20.3. The van der Waals surface area contributed by atoms with Crippen molar-refractivity contribution in [2.45, 2.75) is 53.3 Å². The third-order valence-corrected chi connectivity index (χ3v) is 7.70. The van der Waals surface area contributed by atoms with E-state index in [0.717, 1.165) is 0 Å². The Labute approximate surface area is 104 Å². The number of hydrogen-bond acceptors (Lipinski definition) is 2. The Kier molecular flexibility index (Phi) is 8.33. The molecule has 98 valence electrons. The van der Waals surface area contributed by atoms with E-state index >= 15 is 0 Å². The van der Waals surface area contributed by atoms with E-state index in [1.54, 1.807) is 0 Å². The van der Waals surface area contributed by atoms with E-state index in [1.807, 2.05) is 0 Å². The Balaban J connectivity index is 3.97. The predicted octanol–water partition coefficient (Wildman–Crippen LogP) is 3.27. The maximum Gasteiger partial charge on any atom is 0.122 e. The van der Waals surface area contributed by atoms with Crippen LogP contribution in [0.5, 0.6) is 0 Å². The van der Waals surface area contributed by atoms with Crippen molar-refractivity contribution in [1.29, 1.82) is 0 Å². The van der Waals surface area contributed by atoms with Crippen molar-refractivity contribution in [1.82, 2.24) is 9.47 Å². The Morgan fingerprint density at radius 3 is 1.69 bits per heavy atom. The van der Waals surface area contributed by atoms with Crippen molar-refractivity contribution in [3.8, 4) is 0 Å². The minimum Gasteiger partial charge on any atom is -0.324 e. The van der Waals surface area contributed by atoms with Gasteiger partial charge in [0.25, 0.3) is 0 Å². The zero-order chi connectivity index (χ0) is 12.6. The zero-order valence-corrected chi connectivity index (χ0v) is 13.3. The SMILES string of the molecule is CCN(CC)CCC[Si](C)(C)N(CC)CC. The summed E-state index contributed by atoms with van der Waals surface area (Å²) in [5, 5.41) is 0. The molecule has 0 N–H and O–H groups in total. The van der Waals surface area contributed by atoms with Gasteiger partial charge >= 0.3 is 0 Å². The summed E-state index contributed by atoms with van der Waals surface area (Å²) < 4.78 is 2.70. The second-order valence-corrected chi connectivity index (χ2v) is 9.87. The normalized spacial score (nSPS) is 12.8. The van der Waals surface area contributed by atoms with Gasteiger partial charge in [0.1, 0.15) is 8.24 Å². The van der Waals surface area contributed by atoms with Crippen molar-refractivity contribution in [3.63, 3.8) is 0 Å². The van der Waals surface area contributed by atoms with Crippen molar-refractivity contribution in [3.05, 3.63) is 0 Å². The molecule has 3 heteroatoms. The average molecular weight is 244 g/mol. The molecule has 16 heavy (non-hydrogen) atoms. The topological polar surface area (TPSA) is 6.48 Å². The highest BCUT2D eigenvalue weighted by Crippen LogP contribution is 2.17. The van der Waals surface area contributed by atoms with Crippen LogP contribution in [0.2, 0.25) is 19.1 Å². The van der Waals surface area contributed by atoms with Gasteiger partial charge in [0.2, 0.25) is 0 Å². The van der Waals surface area contributed by atoms with E-state index in [2.05, 4.69) is 50.3 Å². The molecule has 0 amide bonds. The van der Waals surface area contributed by atoms with Gasteiger partial charge in [-0.1, -0.05) is 40.8 Å². The van der Waals surface area contributed by atoms with Crippen LogP contribution in [0.25, 0.3) is 0 Å². The molecule has 0 heterocycles. The fraction of sp³-hybridized carbons (Fsp3) is 1.00. The van der Waals surface area contributed by atoms with E-state index in [-0.39, 0.29) is 0 Å². The van der Waals surface area contributed by atoms with Gasteiger partial charge in [-0.15, -0.1) is 0 Å². The summed E-state index contributed by atoms with van der Waals surface area (Å²) in [6, 6.07) is 1.44. The van der Waals surface area contributed by atoms with E-state index < -0.39 is 8.24 Å². The van der Waals surface area contributed by atoms with Crippen LogP contribution in [0.15, 0.2) is 0 Å². The Morgan fingerprint density at radius 1 is 0.812 bits per heavy atom. The van der Waals surface area contributed by atoms with Crippen molar-refractivity contribution in [2.75, 3.05) is 32.7 Å². The van der Waals surface area contributed by atoms with Gasteiger partial charge in [-0.05, 0) is 45.2 Å². The summed E-state index contributed by atoms with van der Waals surface area (Å²) in [5.74, 6) is 0. The molecule has 0 fully saturated rings. The third kappa shape index (κ3) is 5.46. The Morgan fingerprint density at radius 2 is 1.31 bits per heavy atom. The summed E-state index contributed by atoms with van der Waals surface area (Å²) >= 11 is 0. The fourth-order valence-corrected chi connectivity index (χ4v) is 5.56. The van der Waals surface area contributed by atoms with Crippen LogP contribution in [0.1, 0.15) is 34.1 Å². The highest BCUT2D eigenvalue weighted by Gasteiger charge is 2.26. The maximum atomic E-state index is 2.70. The standard InChI is InChI=1S/C13H32N2Si/c1-7-14(8-2)12-11-13-16(5,6)15(9-3)10-4/h7-13H2,1-6H3. The van der Waals surface area contributed by atoms with Gasteiger partial charge in [0, 0.05) is 0 Å². The number of rotatable bonds is 9. The lowest BCUT2D eigenvalue weighted by Gasteiger charge is -2.36. The van der Waals surface area contributed by atoms with Gasteiger partial charge in [-0.2, -0.15) is 0 Å². The number of nitrogens with zero attached hydrogens (tertiary/aromatic N) is 2. The Bertz CT molecular complexity index is 163. The molecule has 0 aromatic carbocycles. The summed E-state index contributed by atoms with van der Waals surface area (Å²) in [7, 11) is -1.12. The van der Waals surface area contributed by atoms with Gasteiger partial charge in [0.15, 0.2) is 0 Å². The maximum absolute atomic E-state index is 2.70. The van der Waals surface area contributed by atoms with Gasteiger partial charge < -0.3 is 9.47 Å². The first-order chi connectivity index (χ1) is 7.51. The average Bonchev–Trinajstić information content (AvgIpc) is 2.25. The van der Waals surface area contributed by atoms with Crippen LogP contribution < -0.4 is 0 Å². The minimum absolute atomic E-state index is 1.12. The first-order valence-corrected chi connectivity index (χ1v) is 10.1. The molecule has 0 aromatic heterocycles. The van der Waals surface area contributed by atoms with E-state index in [9.17, 15) is 0 Å². The minimum atomic E-state index is -1.12. The molecule has 0 spiro atoms. The second-order valence-electron chi connectivity index (χ2n) is 5.12. The van der Waals surface area contributed by atoms with E-state index in [1.165, 1.54) is 45.2 Å². The molecule has 0 aliphatic rings. The molecule has 0 unspecified atom stereocenters. The molecule has 0 radical (unpaired) electrons. The lowest BCUT2D eigenvalue weighted by molar-refractivity contribution is 0.303. The van der Waals surface area contributed by atoms with Gasteiger partial charge in [-0.25, -0.2) is 0 Å². The van der Waals surface area contributed by atoms with Crippen LogP contribution in [0, 0.1) is 0 Å². The zero-order valence-electron chi connectivity index (χ0n) is 12.3. The number of hydrogen-bond donors (Lipinski definition) is 0. The highest BCUT2D eigenvalue weighted by atomic mass is 28.3. The predicted molar refractivity (Wildman–Crippen MR) is 77.6 cm³/mol. The van der Waals surface area contributed by atoms with Crippen LogP contribution in [0.3, 0.4) is 0 Å². The summed E-state index contributed by atoms with van der Waals surface area (Å²) in [6.07, 6.45) is 1.37. The first kappa shape index (κ1) is 16.1. The first-order valence-electron chi connectivity index (χ1n) is 6.99. The molecular weight excluding hydrogens is 212 g/mol. The molecular formula is C13H32N2Si. The largest absolute Gasteiger partial charge is 0.324 e. The lowest BCUT2D eigenvalue weighted by Crippen LogP contribution is -2.48. The molecule has 0 rings (SSSR count). The quantitative estimate of drug-likeness (QED) is 0.574. The molecule has 0 aromatic rings. The highest BCUT2D eigenvalue weighted by molar-refractivity contribution is 6.74.